The number of hydrogen-bond donors (Lipinski definition) is 1. The molecule has 1 aromatic carbocycles. The van der Waals surface area contributed by atoms with Crippen molar-refractivity contribution in [2.45, 2.75) is 51.9 Å². The first-order valence-corrected chi connectivity index (χ1v) is 8.80. The Hall–Kier alpha value is -1.51. The summed E-state index contributed by atoms with van der Waals surface area (Å²) >= 11 is 0. The van der Waals surface area contributed by atoms with Crippen LogP contribution in [0, 0.1) is 11.8 Å². The summed E-state index contributed by atoms with van der Waals surface area (Å²) in [4.78, 5) is 14.7. The molecule has 2 unspecified atom stereocenters. The number of carbonyl (C=O) groups is 1. The van der Waals surface area contributed by atoms with Gasteiger partial charge in [0.1, 0.15) is 0 Å². The molecule has 2 aliphatic rings. The number of urea groups is 1. The summed E-state index contributed by atoms with van der Waals surface area (Å²) in [5.41, 5.74) is 2.18. The predicted octanol–water partition coefficient (Wildman–Crippen LogP) is 4.85. The highest BCUT2D eigenvalue weighted by Gasteiger charge is 2.33. The lowest BCUT2D eigenvalue weighted by Gasteiger charge is -2.41. The summed E-state index contributed by atoms with van der Waals surface area (Å²) in [7, 11) is 0. The van der Waals surface area contributed by atoms with Crippen molar-refractivity contribution in [2.24, 2.45) is 11.8 Å². The van der Waals surface area contributed by atoms with Gasteiger partial charge in [-0.15, -0.1) is 0 Å². The van der Waals surface area contributed by atoms with E-state index >= 15 is 0 Å². The number of amides is 2. The minimum atomic E-state index is 0.0807. The van der Waals surface area contributed by atoms with Crippen molar-refractivity contribution >= 4 is 11.7 Å². The lowest BCUT2D eigenvalue weighted by Crippen LogP contribution is -2.46. The maximum atomic E-state index is 12.6. The van der Waals surface area contributed by atoms with Crippen LogP contribution in [-0.2, 0) is 0 Å². The minimum Gasteiger partial charge on any atom is -0.324 e. The molecule has 1 aliphatic carbocycles. The van der Waals surface area contributed by atoms with Crippen molar-refractivity contribution in [1.82, 2.24) is 4.90 Å². The molecule has 1 aliphatic heterocycles. The summed E-state index contributed by atoms with van der Waals surface area (Å²) in [6, 6.07) is 8.24. The van der Waals surface area contributed by atoms with Crippen molar-refractivity contribution in [3.8, 4) is 0 Å². The molecule has 2 fully saturated rings. The normalized spacial score (nSPS) is 25.0. The van der Waals surface area contributed by atoms with E-state index < -0.39 is 0 Å². The summed E-state index contributed by atoms with van der Waals surface area (Å²) < 4.78 is 0. The van der Waals surface area contributed by atoms with Crippen molar-refractivity contribution in [2.75, 3.05) is 18.4 Å². The van der Waals surface area contributed by atoms with Gasteiger partial charge >= 0.3 is 6.03 Å². The molecule has 2 atom stereocenters. The average Bonchev–Trinajstić information content (AvgIpc) is 2.54. The lowest BCUT2D eigenvalue weighted by molar-refractivity contribution is 0.108. The highest BCUT2D eigenvalue weighted by atomic mass is 16.2. The molecule has 120 valence electrons. The third-order valence-electron chi connectivity index (χ3n) is 5.40. The fraction of sp³-hybridized carbons (Fsp3) is 0.632. The zero-order valence-corrected chi connectivity index (χ0v) is 13.8. The van der Waals surface area contributed by atoms with E-state index in [2.05, 4.69) is 25.2 Å². The van der Waals surface area contributed by atoms with Gasteiger partial charge in [-0.05, 0) is 42.2 Å². The van der Waals surface area contributed by atoms with Crippen molar-refractivity contribution in [3.05, 3.63) is 29.8 Å². The second kappa shape index (κ2) is 6.72. The SMILES string of the molecule is CC(C)c1ccccc1NC(=O)N1CCC2CCCCC2C1. The fourth-order valence-corrected chi connectivity index (χ4v) is 4.09. The lowest BCUT2D eigenvalue weighted by atomic mass is 9.75. The Kier molecular flexibility index (Phi) is 4.70. The van der Waals surface area contributed by atoms with E-state index in [0.29, 0.717) is 5.92 Å². The standard InChI is InChI=1S/C19H28N2O/c1-14(2)17-9-5-6-10-18(17)20-19(22)21-12-11-15-7-3-4-8-16(15)13-21/h5-6,9-10,14-16H,3-4,7-8,11-13H2,1-2H3,(H,20,22). The molecule has 22 heavy (non-hydrogen) atoms. The second-order valence-corrected chi connectivity index (χ2v) is 7.21. The van der Waals surface area contributed by atoms with Crippen LogP contribution in [0.3, 0.4) is 0 Å². The topological polar surface area (TPSA) is 32.3 Å². The van der Waals surface area contributed by atoms with Crippen LogP contribution in [0.4, 0.5) is 10.5 Å². The Bertz CT molecular complexity index is 526. The number of nitrogens with one attached hydrogen (secondary N) is 1. The average molecular weight is 300 g/mol. The second-order valence-electron chi connectivity index (χ2n) is 7.21. The molecular formula is C19H28N2O. The summed E-state index contributed by atoms with van der Waals surface area (Å²) in [5, 5.41) is 3.14. The third-order valence-corrected chi connectivity index (χ3v) is 5.40. The van der Waals surface area contributed by atoms with E-state index in [4.69, 9.17) is 0 Å². The molecule has 0 bridgehead atoms. The van der Waals surface area contributed by atoms with Crippen molar-refractivity contribution < 1.29 is 4.79 Å². The Morgan fingerprint density at radius 1 is 1.14 bits per heavy atom. The van der Waals surface area contributed by atoms with Crippen LogP contribution in [0.25, 0.3) is 0 Å². The molecule has 3 rings (SSSR count). The van der Waals surface area contributed by atoms with Crippen LogP contribution in [0.5, 0.6) is 0 Å². The van der Waals surface area contributed by atoms with Gasteiger partial charge in [0.05, 0.1) is 0 Å². The van der Waals surface area contributed by atoms with Crippen molar-refractivity contribution in [1.29, 1.82) is 0 Å². The summed E-state index contributed by atoms with van der Waals surface area (Å²) in [5.74, 6) is 2.01. The number of rotatable bonds is 2. The van der Waals surface area contributed by atoms with Crippen LogP contribution < -0.4 is 5.32 Å². The Labute approximate surface area is 134 Å². The number of carbonyl (C=O) groups excluding carboxylic acids is 1. The zero-order chi connectivity index (χ0) is 15.5. The molecule has 1 N–H and O–H groups in total. The molecule has 0 spiro atoms. The number of hydrogen-bond acceptors (Lipinski definition) is 1. The molecular weight excluding hydrogens is 272 g/mol. The first-order valence-electron chi connectivity index (χ1n) is 8.80. The van der Waals surface area contributed by atoms with Gasteiger partial charge in [-0.25, -0.2) is 4.79 Å². The number of fused-ring (bicyclic) bond motifs is 1. The van der Waals surface area contributed by atoms with Crippen molar-refractivity contribution in [3.63, 3.8) is 0 Å². The van der Waals surface area contributed by atoms with Crippen LogP contribution in [0.15, 0.2) is 24.3 Å². The highest BCUT2D eigenvalue weighted by molar-refractivity contribution is 5.90. The number of anilines is 1. The molecule has 1 saturated carbocycles. The van der Waals surface area contributed by atoms with E-state index in [0.717, 1.165) is 30.6 Å². The zero-order valence-electron chi connectivity index (χ0n) is 13.8. The van der Waals surface area contributed by atoms with Gasteiger partial charge in [-0.1, -0.05) is 51.3 Å². The number of nitrogens with zero attached hydrogens (tertiary/aromatic N) is 1. The molecule has 1 saturated heterocycles. The van der Waals surface area contributed by atoms with Gasteiger partial charge < -0.3 is 10.2 Å². The number of para-hydroxylation sites is 1. The third kappa shape index (κ3) is 3.29. The van der Waals surface area contributed by atoms with Gasteiger partial charge in [0.15, 0.2) is 0 Å². The van der Waals surface area contributed by atoms with Crippen LogP contribution >= 0.6 is 0 Å². The molecule has 0 radical (unpaired) electrons. The molecule has 3 heteroatoms. The van der Waals surface area contributed by atoms with Gasteiger partial charge in [0.25, 0.3) is 0 Å². The number of benzene rings is 1. The number of piperidine rings is 1. The fourth-order valence-electron chi connectivity index (χ4n) is 4.09. The molecule has 1 aromatic rings. The van der Waals surface area contributed by atoms with Gasteiger partial charge in [0, 0.05) is 18.8 Å². The molecule has 0 aromatic heterocycles. The summed E-state index contributed by atoms with van der Waals surface area (Å²) in [6.07, 6.45) is 6.58. The monoisotopic (exact) mass is 300 g/mol. The van der Waals surface area contributed by atoms with Gasteiger partial charge in [-0.3, -0.25) is 0 Å². The quantitative estimate of drug-likeness (QED) is 0.831. The largest absolute Gasteiger partial charge is 0.324 e. The molecule has 2 amide bonds. The van der Waals surface area contributed by atoms with E-state index in [1.165, 1.54) is 37.7 Å². The minimum absolute atomic E-state index is 0.0807. The van der Waals surface area contributed by atoms with E-state index in [-0.39, 0.29) is 6.03 Å². The molecule has 3 nitrogen and oxygen atoms in total. The van der Waals surface area contributed by atoms with E-state index in [1.807, 2.05) is 23.1 Å². The van der Waals surface area contributed by atoms with Gasteiger partial charge in [0.2, 0.25) is 0 Å². The Morgan fingerprint density at radius 3 is 2.64 bits per heavy atom. The van der Waals surface area contributed by atoms with E-state index in [1.54, 1.807) is 0 Å². The Balaban J connectivity index is 1.65. The van der Waals surface area contributed by atoms with Crippen LogP contribution in [-0.4, -0.2) is 24.0 Å². The Morgan fingerprint density at radius 2 is 1.86 bits per heavy atom. The van der Waals surface area contributed by atoms with Crippen LogP contribution in [0.1, 0.15) is 57.4 Å². The highest BCUT2D eigenvalue weighted by Crippen LogP contribution is 2.36. The smallest absolute Gasteiger partial charge is 0.321 e. The van der Waals surface area contributed by atoms with E-state index in [9.17, 15) is 4.79 Å². The summed E-state index contributed by atoms with van der Waals surface area (Å²) in [6.45, 7) is 6.19. The number of likely N-dealkylation sites (tertiary alicyclic amines) is 1. The predicted molar refractivity (Wildman–Crippen MR) is 91.2 cm³/mol. The first-order chi connectivity index (χ1) is 10.6. The maximum absolute atomic E-state index is 12.6. The first kappa shape index (κ1) is 15.4. The van der Waals surface area contributed by atoms with Gasteiger partial charge in [-0.2, -0.15) is 0 Å². The maximum Gasteiger partial charge on any atom is 0.321 e. The van der Waals surface area contributed by atoms with Crippen LogP contribution in [0.2, 0.25) is 0 Å². The molecule has 1 heterocycles.